The zero-order valence-electron chi connectivity index (χ0n) is 14.1. The number of hydrogen-bond acceptors (Lipinski definition) is 3. The monoisotopic (exact) mass is 303 g/mol. The van der Waals surface area contributed by atoms with Crippen molar-refractivity contribution in [3.05, 3.63) is 29.3 Å². The van der Waals surface area contributed by atoms with Gasteiger partial charge in [0, 0.05) is 5.69 Å². The van der Waals surface area contributed by atoms with Crippen LogP contribution in [0.3, 0.4) is 0 Å². The van der Waals surface area contributed by atoms with E-state index in [0.717, 1.165) is 48.9 Å². The van der Waals surface area contributed by atoms with Gasteiger partial charge in [-0.3, -0.25) is 9.69 Å². The molecule has 4 heteroatoms. The van der Waals surface area contributed by atoms with E-state index in [-0.39, 0.29) is 5.91 Å². The van der Waals surface area contributed by atoms with Crippen LogP contribution in [0, 0.1) is 19.8 Å². The van der Waals surface area contributed by atoms with E-state index >= 15 is 0 Å². The summed E-state index contributed by atoms with van der Waals surface area (Å²) in [5, 5.41) is 6.50. The van der Waals surface area contributed by atoms with Gasteiger partial charge in [0.05, 0.1) is 6.54 Å². The zero-order chi connectivity index (χ0) is 15.9. The van der Waals surface area contributed by atoms with Gasteiger partial charge in [0.15, 0.2) is 0 Å². The first-order valence-corrected chi connectivity index (χ1v) is 8.39. The average molecular weight is 303 g/mol. The Morgan fingerprint density at radius 1 is 1.23 bits per heavy atom. The standard InChI is InChI=1S/C18H29N3O/c1-4-19-12-16-8-10-21(11-9-16)13-17(22)20-18-14(2)6-5-7-15(18)3/h5-7,16,19H,4,8-13H2,1-3H3,(H,20,22). The molecule has 22 heavy (non-hydrogen) atoms. The van der Waals surface area contributed by atoms with Crippen LogP contribution in [0.2, 0.25) is 0 Å². The van der Waals surface area contributed by atoms with Crippen molar-refractivity contribution in [3.63, 3.8) is 0 Å². The first-order chi connectivity index (χ1) is 10.6. The third kappa shape index (κ3) is 4.82. The van der Waals surface area contributed by atoms with E-state index in [4.69, 9.17) is 0 Å². The Balaban J connectivity index is 1.79. The third-order valence-electron chi connectivity index (χ3n) is 4.50. The van der Waals surface area contributed by atoms with Crippen molar-refractivity contribution < 1.29 is 4.79 Å². The fourth-order valence-corrected chi connectivity index (χ4v) is 3.09. The largest absolute Gasteiger partial charge is 0.324 e. The predicted octanol–water partition coefficient (Wildman–Crippen LogP) is 2.56. The lowest BCUT2D eigenvalue weighted by molar-refractivity contribution is -0.117. The van der Waals surface area contributed by atoms with Gasteiger partial charge in [-0.25, -0.2) is 0 Å². The Bertz CT molecular complexity index is 473. The van der Waals surface area contributed by atoms with Crippen molar-refractivity contribution >= 4 is 11.6 Å². The molecule has 0 unspecified atom stereocenters. The lowest BCUT2D eigenvalue weighted by Crippen LogP contribution is -2.41. The molecule has 2 N–H and O–H groups in total. The van der Waals surface area contributed by atoms with Gasteiger partial charge in [-0.2, -0.15) is 0 Å². The Labute approximate surface area is 134 Å². The summed E-state index contributed by atoms with van der Waals surface area (Å²) in [5.41, 5.74) is 3.21. The second-order valence-corrected chi connectivity index (χ2v) is 6.34. The summed E-state index contributed by atoms with van der Waals surface area (Å²) >= 11 is 0. The molecular weight excluding hydrogens is 274 g/mol. The molecule has 1 aromatic rings. The fourth-order valence-electron chi connectivity index (χ4n) is 3.09. The van der Waals surface area contributed by atoms with E-state index in [1.807, 2.05) is 32.0 Å². The Kier molecular flexibility index (Phi) is 6.40. The highest BCUT2D eigenvalue weighted by Crippen LogP contribution is 2.20. The molecule has 0 aliphatic carbocycles. The maximum absolute atomic E-state index is 12.3. The SMILES string of the molecule is CCNCC1CCN(CC(=O)Nc2c(C)cccc2C)CC1. The van der Waals surface area contributed by atoms with E-state index in [0.29, 0.717) is 6.54 Å². The number of amides is 1. The van der Waals surface area contributed by atoms with E-state index in [1.165, 1.54) is 12.8 Å². The minimum absolute atomic E-state index is 0.0996. The van der Waals surface area contributed by atoms with Crippen LogP contribution in [0.4, 0.5) is 5.69 Å². The quantitative estimate of drug-likeness (QED) is 0.849. The molecule has 1 fully saturated rings. The number of piperidine rings is 1. The van der Waals surface area contributed by atoms with E-state index < -0.39 is 0 Å². The van der Waals surface area contributed by atoms with Gasteiger partial charge in [-0.15, -0.1) is 0 Å². The van der Waals surface area contributed by atoms with Crippen LogP contribution in [-0.2, 0) is 4.79 Å². The van der Waals surface area contributed by atoms with Crippen molar-refractivity contribution in [1.82, 2.24) is 10.2 Å². The first-order valence-electron chi connectivity index (χ1n) is 8.39. The topological polar surface area (TPSA) is 44.4 Å². The summed E-state index contributed by atoms with van der Waals surface area (Å²) in [6.07, 6.45) is 2.37. The van der Waals surface area contributed by atoms with Gasteiger partial charge >= 0.3 is 0 Å². The number of carbonyl (C=O) groups is 1. The molecule has 1 aromatic carbocycles. The molecule has 0 bridgehead atoms. The molecule has 1 saturated heterocycles. The molecule has 2 rings (SSSR count). The molecule has 122 valence electrons. The molecule has 1 aliphatic heterocycles. The van der Waals surface area contributed by atoms with Crippen LogP contribution in [0.5, 0.6) is 0 Å². The first kappa shape index (κ1) is 17.0. The molecule has 1 amide bonds. The van der Waals surface area contributed by atoms with E-state index in [9.17, 15) is 4.79 Å². The number of anilines is 1. The summed E-state index contributed by atoms with van der Waals surface area (Å²) in [5.74, 6) is 0.861. The highest BCUT2D eigenvalue weighted by atomic mass is 16.2. The molecule has 0 atom stereocenters. The van der Waals surface area contributed by atoms with E-state index in [1.54, 1.807) is 0 Å². The number of nitrogens with zero attached hydrogens (tertiary/aromatic N) is 1. The second kappa shape index (κ2) is 8.30. The van der Waals surface area contributed by atoms with Crippen LogP contribution in [-0.4, -0.2) is 43.5 Å². The minimum atomic E-state index is 0.0996. The van der Waals surface area contributed by atoms with Crippen LogP contribution in [0.15, 0.2) is 18.2 Å². The van der Waals surface area contributed by atoms with Gasteiger partial charge in [0.1, 0.15) is 0 Å². The second-order valence-electron chi connectivity index (χ2n) is 6.34. The van der Waals surface area contributed by atoms with Crippen LogP contribution in [0.1, 0.15) is 30.9 Å². The van der Waals surface area contributed by atoms with Crippen molar-refractivity contribution in [1.29, 1.82) is 0 Å². The van der Waals surface area contributed by atoms with E-state index in [2.05, 4.69) is 22.5 Å². The van der Waals surface area contributed by atoms with Gasteiger partial charge in [-0.1, -0.05) is 25.1 Å². The van der Waals surface area contributed by atoms with Gasteiger partial charge in [0.25, 0.3) is 0 Å². The highest BCUT2D eigenvalue weighted by molar-refractivity contribution is 5.93. The lowest BCUT2D eigenvalue weighted by atomic mass is 9.97. The molecule has 4 nitrogen and oxygen atoms in total. The van der Waals surface area contributed by atoms with Crippen molar-refractivity contribution in [2.45, 2.75) is 33.6 Å². The minimum Gasteiger partial charge on any atom is -0.324 e. The summed E-state index contributed by atoms with van der Waals surface area (Å²) in [7, 11) is 0. The molecular formula is C18H29N3O. The van der Waals surface area contributed by atoms with Gasteiger partial charge < -0.3 is 10.6 Å². The number of benzene rings is 1. The smallest absolute Gasteiger partial charge is 0.238 e. The number of likely N-dealkylation sites (tertiary alicyclic amines) is 1. The maximum Gasteiger partial charge on any atom is 0.238 e. The number of para-hydroxylation sites is 1. The highest BCUT2D eigenvalue weighted by Gasteiger charge is 2.20. The fraction of sp³-hybridized carbons (Fsp3) is 0.611. The summed E-state index contributed by atoms with van der Waals surface area (Å²) in [4.78, 5) is 14.5. The average Bonchev–Trinajstić information content (AvgIpc) is 2.50. The molecule has 0 spiro atoms. The Hall–Kier alpha value is -1.39. The molecule has 1 aliphatic rings. The Morgan fingerprint density at radius 3 is 2.45 bits per heavy atom. The van der Waals surface area contributed by atoms with Crippen molar-refractivity contribution in [2.75, 3.05) is 38.0 Å². The Morgan fingerprint density at radius 2 is 1.86 bits per heavy atom. The summed E-state index contributed by atoms with van der Waals surface area (Å²) in [6.45, 7) is 10.9. The number of hydrogen-bond donors (Lipinski definition) is 2. The number of rotatable bonds is 6. The number of aryl methyl sites for hydroxylation is 2. The third-order valence-corrected chi connectivity index (χ3v) is 4.50. The maximum atomic E-state index is 12.3. The van der Waals surface area contributed by atoms with Crippen molar-refractivity contribution in [3.8, 4) is 0 Å². The van der Waals surface area contributed by atoms with Crippen LogP contribution in [0.25, 0.3) is 0 Å². The zero-order valence-corrected chi connectivity index (χ0v) is 14.1. The van der Waals surface area contributed by atoms with Gasteiger partial charge in [0.2, 0.25) is 5.91 Å². The number of carbonyl (C=O) groups excluding carboxylic acids is 1. The molecule has 0 saturated carbocycles. The predicted molar refractivity (Wildman–Crippen MR) is 92.3 cm³/mol. The summed E-state index contributed by atoms with van der Waals surface area (Å²) in [6, 6.07) is 6.10. The summed E-state index contributed by atoms with van der Waals surface area (Å²) < 4.78 is 0. The molecule has 0 radical (unpaired) electrons. The lowest BCUT2D eigenvalue weighted by Gasteiger charge is -2.31. The number of nitrogens with one attached hydrogen (secondary N) is 2. The van der Waals surface area contributed by atoms with Crippen molar-refractivity contribution in [2.24, 2.45) is 5.92 Å². The molecule has 0 aromatic heterocycles. The normalized spacial score (nSPS) is 16.7. The van der Waals surface area contributed by atoms with Crippen LogP contribution >= 0.6 is 0 Å². The van der Waals surface area contributed by atoms with Crippen LogP contribution < -0.4 is 10.6 Å². The molecule has 1 heterocycles. The van der Waals surface area contributed by atoms with Gasteiger partial charge in [-0.05, 0) is 69.9 Å².